The number of hydrogen-bond acceptors (Lipinski definition) is 8. The number of nitro benzene ring substituents is 1. The lowest BCUT2D eigenvalue weighted by Crippen LogP contribution is -2.34. The van der Waals surface area contributed by atoms with Crippen molar-refractivity contribution in [2.75, 3.05) is 25.2 Å². The average Bonchev–Trinajstić information content (AvgIpc) is 2.89. The Morgan fingerprint density at radius 2 is 1.55 bits per heavy atom. The number of rotatable bonds is 10. The third-order valence-electron chi connectivity index (χ3n) is 5.48. The fraction of sp³-hybridized carbons (Fsp3) is 0.276. The van der Waals surface area contributed by atoms with E-state index in [2.05, 4.69) is 0 Å². The predicted octanol–water partition coefficient (Wildman–Crippen LogP) is 6.23. The molecule has 0 bridgehead atoms. The van der Waals surface area contributed by atoms with Crippen molar-refractivity contribution in [3.8, 4) is 5.75 Å². The Labute approximate surface area is 234 Å². The maximum Gasteiger partial charge on any atom is 0.414 e. The van der Waals surface area contributed by atoms with E-state index in [1.807, 2.05) is 19.1 Å². The van der Waals surface area contributed by atoms with Gasteiger partial charge in [-0.2, -0.15) is 8.42 Å². The zero-order valence-electron chi connectivity index (χ0n) is 23.0. The Hall–Kier alpha value is -4.22. The number of nitrogens with zero attached hydrogens (tertiary/aromatic N) is 2. The Balaban J connectivity index is 1.61. The maximum absolute atomic E-state index is 12.3. The van der Waals surface area contributed by atoms with Crippen LogP contribution >= 0.6 is 0 Å². The van der Waals surface area contributed by atoms with Crippen LogP contribution < -0.4 is 9.64 Å². The highest BCUT2D eigenvalue weighted by Gasteiger charge is 2.21. The molecule has 0 aliphatic heterocycles. The summed E-state index contributed by atoms with van der Waals surface area (Å²) < 4.78 is 40.4. The molecule has 0 heterocycles. The van der Waals surface area contributed by atoms with Crippen LogP contribution in [-0.4, -0.2) is 45.3 Å². The number of carbonyl (C=O) groups excluding carboxylic acids is 1. The van der Waals surface area contributed by atoms with Gasteiger partial charge in [-0.05, 0) is 69.2 Å². The summed E-state index contributed by atoms with van der Waals surface area (Å²) in [5, 5.41) is 11.6. The number of hydrogen-bond donors (Lipinski definition) is 0. The molecule has 0 unspecified atom stereocenters. The van der Waals surface area contributed by atoms with E-state index in [-0.39, 0.29) is 29.5 Å². The number of ether oxygens (including phenoxy) is 2. The summed E-state index contributed by atoms with van der Waals surface area (Å²) in [6.07, 6.45) is 3.02. The Kier molecular flexibility index (Phi) is 9.67. The van der Waals surface area contributed by atoms with Gasteiger partial charge in [-0.15, -0.1) is 0 Å². The SMILES string of the molecule is Cc1ccc(S(=O)(=O)OCCOc2ccc(/C=C/c3ccc(N(C)C(=O)OC(C)(C)C)cc3)cc2[N+](=O)[O-])cc1. The van der Waals surface area contributed by atoms with E-state index in [4.69, 9.17) is 13.7 Å². The number of nitro groups is 1. The number of aryl methyl sites for hydroxylation is 1. The molecular formula is C29H32N2O8S. The van der Waals surface area contributed by atoms with Gasteiger partial charge in [0, 0.05) is 18.8 Å². The molecule has 3 aromatic carbocycles. The molecule has 0 fully saturated rings. The van der Waals surface area contributed by atoms with E-state index < -0.39 is 26.7 Å². The fourth-order valence-corrected chi connectivity index (χ4v) is 4.30. The molecule has 0 saturated heterocycles. The normalized spacial score (nSPS) is 11.8. The minimum absolute atomic E-state index is 0.00647. The van der Waals surface area contributed by atoms with Gasteiger partial charge in [0.25, 0.3) is 10.1 Å². The van der Waals surface area contributed by atoms with Gasteiger partial charge >= 0.3 is 11.8 Å². The van der Waals surface area contributed by atoms with Gasteiger partial charge in [-0.1, -0.05) is 48.0 Å². The molecule has 0 saturated carbocycles. The molecule has 10 nitrogen and oxygen atoms in total. The lowest BCUT2D eigenvalue weighted by Gasteiger charge is -2.24. The molecule has 11 heteroatoms. The van der Waals surface area contributed by atoms with Crippen molar-refractivity contribution in [3.63, 3.8) is 0 Å². The highest BCUT2D eigenvalue weighted by atomic mass is 32.2. The third kappa shape index (κ3) is 8.65. The molecule has 0 aromatic heterocycles. The Bertz CT molecular complexity index is 1480. The average molecular weight is 569 g/mol. The summed E-state index contributed by atoms with van der Waals surface area (Å²) >= 11 is 0. The zero-order valence-corrected chi connectivity index (χ0v) is 23.8. The lowest BCUT2D eigenvalue weighted by molar-refractivity contribution is -0.385. The van der Waals surface area contributed by atoms with Gasteiger partial charge in [0.1, 0.15) is 18.8 Å². The van der Waals surface area contributed by atoms with Crippen LogP contribution in [0, 0.1) is 17.0 Å². The first-order chi connectivity index (χ1) is 18.7. The molecule has 0 spiro atoms. The van der Waals surface area contributed by atoms with Crippen LogP contribution in [0.15, 0.2) is 71.6 Å². The van der Waals surface area contributed by atoms with E-state index >= 15 is 0 Å². The largest absolute Gasteiger partial charge is 0.484 e. The summed E-state index contributed by atoms with van der Waals surface area (Å²) in [5.74, 6) is -0.00647. The van der Waals surface area contributed by atoms with Crippen LogP contribution in [0.5, 0.6) is 5.75 Å². The third-order valence-corrected chi connectivity index (χ3v) is 6.81. The van der Waals surface area contributed by atoms with Gasteiger partial charge in [0.2, 0.25) is 0 Å². The molecule has 3 rings (SSSR count). The first-order valence-electron chi connectivity index (χ1n) is 12.4. The summed E-state index contributed by atoms with van der Waals surface area (Å²) in [6.45, 7) is 6.71. The quantitative estimate of drug-likeness (QED) is 0.0927. The van der Waals surface area contributed by atoms with Crippen molar-refractivity contribution >= 4 is 39.7 Å². The molecular weight excluding hydrogens is 536 g/mol. The monoisotopic (exact) mass is 568 g/mol. The summed E-state index contributed by atoms with van der Waals surface area (Å²) in [6, 6.07) is 17.8. The van der Waals surface area contributed by atoms with Gasteiger partial charge in [0.05, 0.1) is 9.82 Å². The first kappa shape index (κ1) is 30.3. The van der Waals surface area contributed by atoms with Crippen molar-refractivity contribution in [1.29, 1.82) is 0 Å². The molecule has 1 amide bonds. The van der Waals surface area contributed by atoms with Crippen molar-refractivity contribution in [2.45, 2.75) is 38.2 Å². The summed E-state index contributed by atoms with van der Waals surface area (Å²) in [7, 11) is -2.34. The maximum atomic E-state index is 12.3. The molecule has 40 heavy (non-hydrogen) atoms. The van der Waals surface area contributed by atoms with Crippen LogP contribution in [-0.2, 0) is 19.0 Å². The predicted molar refractivity (Wildman–Crippen MR) is 153 cm³/mol. The molecule has 0 N–H and O–H groups in total. The van der Waals surface area contributed by atoms with Crippen molar-refractivity contribution in [3.05, 3.63) is 93.5 Å². The highest BCUT2D eigenvalue weighted by Crippen LogP contribution is 2.29. The molecule has 3 aromatic rings. The summed E-state index contributed by atoms with van der Waals surface area (Å²) in [5.41, 5.74) is 2.07. The van der Waals surface area contributed by atoms with Crippen molar-refractivity contribution in [2.24, 2.45) is 0 Å². The van der Waals surface area contributed by atoms with Crippen molar-refractivity contribution < 1.29 is 31.8 Å². The van der Waals surface area contributed by atoms with Crippen LogP contribution in [0.1, 0.15) is 37.5 Å². The minimum Gasteiger partial charge on any atom is -0.484 e. The van der Waals surface area contributed by atoms with Gasteiger partial charge in [-0.25, -0.2) is 4.79 Å². The van der Waals surface area contributed by atoms with Crippen LogP contribution in [0.4, 0.5) is 16.2 Å². The Morgan fingerprint density at radius 3 is 2.15 bits per heavy atom. The van der Waals surface area contributed by atoms with Gasteiger partial charge < -0.3 is 9.47 Å². The molecule has 212 valence electrons. The van der Waals surface area contributed by atoms with Gasteiger partial charge in [-0.3, -0.25) is 19.2 Å². The van der Waals surface area contributed by atoms with Crippen LogP contribution in [0.3, 0.4) is 0 Å². The molecule has 0 aliphatic carbocycles. The van der Waals surface area contributed by atoms with Crippen LogP contribution in [0.25, 0.3) is 12.2 Å². The number of carbonyl (C=O) groups is 1. The number of anilines is 1. The highest BCUT2D eigenvalue weighted by molar-refractivity contribution is 7.86. The first-order valence-corrected chi connectivity index (χ1v) is 13.8. The molecule has 0 radical (unpaired) electrons. The topological polar surface area (TPSA) is 125 Å². The van der Waals surface area contributed by atoms with E-state index in [9.17, 15) is 23.3 Å². The number of benzene rings is 3. The second kappa shape index (κ2) is 12.8. The van der Waals surface area contributed by atoms with E-state index in [0.29, 0.717) is 11.3 Å². The van der Waals surface area contributed by atoms with E-state index in [0.717, 1.165) is 11.1 Å². The summed E-state index contributed by atoms with van der Waals surface area (Å²) in [4.78, 5) is 24.7. The lowest BCUT2D eigenvalue weighted by atomic mass is 10.1. The molecule has 0 atom stereocenters. The second-order valence-corrected chi connectivity index (χ2v) is 11.5. The zero-order chi connectivity index (χ0) is 29.5. The number of amides is 1. The van der Waals surface area contributed by atoms with Gasteiger partial charge in [0.15, 0.2) is 5.75 Å². The van der Waals surface area contributed by atoms with E-state index in [1.54, 1.807) is 70.3 Å². The van der Waals surface area contributed by atoms with E-state index in [1.165, 1.54) is 29.2 Å². The van der Waals surface area contributed by atoms with Crippen molar-refractivity contribution in [1.82, 2.24) is 0 Å². The molecule has 0 aliphatic rings. The standard InChI is InChI=1S/C29H32N2O8S/c1-21-6-15-25(16-7-21)40(35,36)38-19-18-37-27-17-12-23(20-26(27)31(33)34)9-8-22-10-13-24(14-11-22)30(5)28(32)39-29(2,3)4/h6-17,20H,18-19H2,1-5H3/b9-8+. The van der Waals surface area contributed by atoms with Crippen LogP contribution in [0.2, 0.25) is 0 Å². The smallest absolute Gasteiger partial charge is 0.414 e. The fourth-order valence-electron chi connectivity index (χ4n) is 3.41. The second-order valence-electron chi connectivity index (χ2n) is 9.89. The minimum atomic E-state index is -3.97. The Morgan fingerprint density at radius 1 is 0.950 bits per heavy atom.